The Hall–Kier alpha value is -0.940. The van der Waals surface area contributed by atoms with Crippen LogP contribution in [0.5, 0.6) is 0 Å². The number of hydrogen-bond donors (Lipinski definition) is 0. The minimum absolute atomic E-state index is 0.0163. The van der Waals surface area contributed by atoms with E-state index in [4.69, 9.17) is 0 Å². The number of piperidine rings is 2. The number of imide groups is 1. The third-order valence-electron chi connectivity index (χ3n) is 11.3. The molecule has 2 amide bonds. The van der Waals surface area contributed by atoms with E-state index in [1.165, 1.54) is 51.4 Å². The highest BCUT2D eigenvalue weighted by Crippen LogP contribution is 2.55. The second-order valence-corrected chi connectivity index (χ2v) is 16.4. The van der Waals surface area contributed by atoms with Gasteiger partial charge in [0.05, 0.1) is 5.41 Å². The first-order valence-corrected chi connectivity index (χ1v) is 16.9. The highest BCUT2D eigenvalue weighted by molar-refractivity contribution is 6.05. The summed E-state index contributed by atoms with van der Waals surface area (Å²) in [6.07, 6.45) is 19.1. The second kappa shape index (κ2) is 12.7. The Morgan fingerprint density at radius 3 is 1.60 bits per heavy atom. The van der Waals surface area contributed by atoms with E-state index in [0.717, 1.165) is 51.4 Å². The number of carbonyl (C=O) groups excluding carboxylic acids is 2. The van der Waals surface area contributed by atoms with Crippen molar-refractivity contribution in [3.05, 3.63) is 0 Å². The van der Waals surface area contributed by atoms with Gasteiger partial charge in [-0.15, -0.1) is 0 Å². The molecule has 40 heavy (non-hydrogen) atoms. The lowest BCUT2D eigenvalue weighted by Gasteiger charge is -2.57. The molecule has 0 spiro atoms. The van der Waals surface area contributed by atoms with Crippen LogP contribution in [0.1, 0.15) is 171 Å². The third-order valence-corrected chi connectivity index (χ3v) is 11.3. The van der Waals surface area contributed by atoms with Crippen LogP contribution < -0.4 is 0 Å². The summed E-state index contributed by atoms with van der Waals surface area (Å²) in [5, 5.41) is 3.88. The van der Waals surface area contributed by atoms with E-state index in [0.29, 0.717) is 6.42 Å². The van der Waals surface area contributed by atoms with Gasteiger partial charge in [-0.3, -0.25) is 14.5 Å². The zero-order valence-corrected chi connectivity index (χ0v) is 28.3. The molecular weight excluding hydrogens is 494 g/mol. The van der Waals surface area contributed by atoms with Crippen molar-refractivity contribution >= 4 is 11.8 Å². The van der Waals surface area contributed by atoms with Crippen LogP contribution in [0.2, 0.25) is 0 Å². The molecule has 5 nitrogen and oxygen atoms in total. The molecule has 0 aromatic heterocycles. The lowest BCUT2D eigenvalue weighted by Crippen LogP contribution is -2.67. The van der Waals surface area contributed by atoms with Gasteiger partial charge in [-0.2, -0.15) is 0 Å². The number of hydrogen-bond acceptors (Lipinski definition) is 4. The van der Waals surface area contributed by atoms with Gasteiger partial charge in [0.1, 0.15) is 0 Å². The summed E-state index contributed by atoms with van der Waals surface area (Å²) in [7, 11) is 2.23. The summed E-state index contributed by atoms with van der Waals surface area (Å²) in [4.78, 5) is 31.4. The molecule has 0 aliphatic carbocycles. The number of unbranched alkanes of at least 4 members (excludes halogenated alkanes) is 9. The Morgan fingerprint density at radius 2 is 1.12 bits per heavy atom. The van der Waals surface area contributed by atoms with Crippen LogP contribution in [0.15, 0.2) is 0 Å². The Bertz CT molecular complexity index is 842. The van der Waals surface area contributed by atoms with Gasteiger partial charge in [0, 0.05) is 28.6 Å². The summed E-state index contributed by atoms with van der Waals surface area (Å²) in [6.45, 7) is 20.5. The van der Waals surface area contributed by atoms with Crippen LogP contribution in [0.25, 0.3) is 0 Å². The quantitative estimate of drug-likeness (QED) is 0.167. The maximum absolute atomic E-state index is 14.9. The largest absolute Gasteiger partial charge is 0.296 e. The van der Waals surface area contributed by atoms with E-state index < -0.39 is 5.41 Å². The summed E-state index contributed by atoms with van der Waals surface area (Å²) >= 11 is 0. The molecule has 3 aliphatic rings. The van der Waals surface area contributed by atoms with Crippen molar-refractivity contribution in [2.24, 2.45) is 11.3 Å². The Kier molecular flexibility index (Phi) is 10.7. The van der Waals surface area contributed by atoms with E-state index in [1.54, 1.807) is 5.01 Å². The van der Waals surface area contributed by atoms with Crippen molar-refractivity contribution in [3.8, 4) is 0 Å². The molecule has 0 bridgehead atoms. The third kappa shape index (κ3) is 6.99. The molecule has 3 fully saturated rings. The standard InChI is InChI=1S/C35H65N3O2/c1-11-12-13-14-15-16-17-18-19-20-24-35(28-25-33(6,7)36(10)34(8,9)26-28)27-29(39)37(30(35)40)38-31(2,3)22-21-23-32(38,4)5/h28H,11-27H2,1-10H3. The summed E-state index contributed by atoms with van der Waals surface area (Å²) < 4.78 is 0. The minimum atomic E-state index is -0.587. The predicted octanol–water partition coefficient (Wildman–Crippen LogP) is 8.90. The average molecular weight is 560 g/mol. The van der Waals surface area contributed by atoms with Crippen LogP contribution in [-0.2, 0) is 9.59 Å². The zero-order valence-electron chi connectivity index (χ0n) is 28.3. The number of amides is 2. The van der Waals surface area contributed by atoms with Crippen LogP contribution in [0, 0.1) is 11.3 Å². The van der Waals surface area contributed by atoms with Crippen LogP contribution in [0.3, 0.4) is 0 Å². The van der Waals surface area contributed by atoms with Crippen molar-refractivity contribution in [1.82, 2.24) is 14.9 Å². The number of rotatable bonds is 13. The Morgan fingerprint density at radius 1 is 0.675 bits per heavy atom. The maximum Gasteiger partial charge on any atom is 0.251 e. The summed E-state index contributed by atoms with van der Waals surface area (Å²) in [5.74, 6) is 0.358. The minimum Gasteiger partial charge on any atom is -0.296 e. The van der Waals surface area contributed by atoms with Crippen molar-refractivity contribution in [2.75, 3.05) is 7.05 Å². The lowest BCUT2D eigenvalue weighted by atomic mass is 9.60. The summed E-state index contributed by atoms with van der Waals surface area (Å²) in [5.41, 5.74) is -1.05. The van der Waals surface area contributed by atoms with E-state index >= 15 is 0 Å². The fourth-order valence-corrected chi connectivity index (χ4v) is 8.88. The molecule has 0 N–H and O–H groups in total. The molecule has 0 aromatic rings. The molecule has 3 saturated heterocycles. The molecule has 232 valence electrons. The number of carbonyl (C=O) groups is 2. The molecule has 3 rings (SSSR count). The van der Waals surface area contributed by atoms with Gasteiger partial charge in [0.25, 0.3) is 5.91 Å². The van der Waals surface area contributed by atoms with Crippen LogP contribution in [-0.4, -0.2) is 55.9 Å². The van der Waals surface area contributed by atoms with Gasteiger partial charge in [0.2, 0.25) is 5.91 Å². The number of likely N-dealkylation sites (tertiary alicyclic amines) is 1. The van der Waals surface area contributed by atoms with E-state index in [1.807, 2.05) is 0 Å². The van der Waals surface area contributed by atoms with Gasteiger partial charge in [0.15, 0.2) is 0 Å². The van der Waals surface area contributed by atoms with Gasteiger partial charge in [-0.05, 0) is 107 Å². The molecule has 1 atom stereocenters. The van der Waals surface area contributed by atoms with Crippen molar-refractivity contribution in [2.45, 2.75) is 194 Å². The van der Waals surface area contributed by atoms with E-state index in [2.05, 4.69) is 79.3 Å². The first kappa shape index (κ1) is 33.6. The predicted molar refractivity (Wildman–Crippen MR) is 168 cm³/mol. The molecule has 0 aromatic carbocycles. The topological polar surface area (TPSA) is 43.9 Å². The SMILES string of the molecule is CCCCCCCCCCCCC1(C2CC(C)(C)N(C)C(C)(C)C2)CC(=O)N(N2C(C)(C)CCCC2(C)C)C1=O. The zero-order chi connectivity index (χ0) is 30.0. The van der Waals surface area contributed by atoms with Crippen molar-refractivity contribution in [3.63, 3.8) is 0 Å². The van der Waals surface area contributed by atoms with Gasteiger partial charge in [-0.25, -0.2) is 10.0 Å². The van der Waals surface area contributed by atoms with E-state index in [-0.39, 0.29) is 39.9 Å². The highest BCUT2D eigenvalue weighted by atomic mass is 16.2. The van der Waals surface area contributed by atoms with Crippen LogP contribution >= 0.6 is 0 Å². The number of hydrazine groups is 1. The Labute approximate surface area is 248 Å². The lowest BCUT2D eigenvalue weighted by molar-refractivity contribution is -0.199. The fourth-order valence-electron chi connectivity index (χ4n) is 8.88. The first-order valence-electron chi connectivity index (χ1n) is 16.9. The maximum atomic E-state index is 14.9. The van der Waals surface area contributed by atoms with Gasteiger partial charge >= 0.3 is 0 Å². The van der Waals surface area contributed by atoms with Crippen molar-refractivity contribution < 1.29 is 9.59 Å². The smallest absolute Gasteiger partial charge is 0.251 e. The molecule has 0 radical (unpaired) electrons. The van der Waals surface area contributed by atoms with E-state index in [9.17, 15) is 9.59 Å². The summed E-state index contributed by atoms with van der Waals surface area (Å²) in [6, 6.07) is 0. The fraction of sp³-hybridized carbons (Fsp3) is 0.943. The molecule has 1 unspecified atom stereocenters. The highest BCUT2D eigenvalue weighted by Gasteiger charge is 2.62. The molecule has 5 heteroatoms. The van der Waals surface area contributed by atoms with Crippen LogP contribution in [0.4, 0.5) is 0 Å². The number of nitrogens with zero attached hydrogens (tertiary/aromatic N) is 3. The average Bonchev–Trinajstić information content (AvgIpc) is 3.07. The molecule has 3 aliphatic heterocycles. The Balaban J connectivity index is 1.82. The second-order valence-electron chi connectivity index (χ2n) is 16.4. The molecule has 0 saturated carbocycles. The van der Waals surface area contributed by atoms with Gasteiger partial charge in [-0.1, -0.05) is 71.1 Å². The molecular formula is C35H65N3O2. The molecule has 3 heterocycles. The monoisotopic (exact) mass is 560 g/mol. The first-order chi connectivity index (χ1) is 18.5. The van der Waals surface area contributed by atoms with Gasteiger partial charge < -0.3 is 0 Å². The normalized spacial score (nSPS) is 28.9. The van der Waals surface area contributed by atoms with Crippen molar-refractivity contribution in [1.29, 1.82) is 0 Å².